The molecular weight excluding hydrogens is 480 g/mol. The van der Waals surface area contributed by atoms with Gasteiger partial charge in [-0.05, 0) is 43.5 Å². The minimum Gasteiger partial charge on any atom is -0.380 e. The SMILES string of the molecule is COC1CCN(c2cncc(-c3ccc(C(=O)NCc4cc(NS(=O)(=O)C5CC5)ccn4)cc3)n2)C1. The highest BCUT2D eigenvalue weighted by molar-refractivity contribution is 7.93. The van der Waals surface area contributed by atoms with Crippen molar-refractivity contribution < 1.29 is 17.9 Å². The van der Waals surface area contributed by atoms with Crippen LogP contribution in [0.1, 0.15) is 35.3 Å². The minimum atomic E-state index is -3.35. The summed E-state index contributed by atoms with van der Waals surface area (Å²) in [7, 11) is -1.63. The second kappa shape index (κ2) is 10.2. The number of hydrogen-bond acceptors (Lipinski definition) is 8. The number of rotatable bonds is 9. The van der Waals surface area contributed by atoms with E-state index in [2.05, 4.69) is 24.9 Å². The molecule has 1 unspecified atom stereocenters. The Balaban J connectivity index is 1.20. The quantitative estimate of drug-likeness (QED) is 0.452. The van der Waals surface area contributed by atoms with Gasteiger partial charge in [-0.2, -0.15) is 0 Å². The number of anilines is 2. The normalized spacial score (nSPS) is 17.7. The Morgan fingerprint density at radius 2 is 1.94 bits per heavy atom. The molecule has 0 bridgehead atoms. The molecule has 188 valence electrons. The van der Waals surface area contributed by atoms with Gasteiger partial charge in [-0.3, -0.25) is 19.5 Å². The van der Waals surface area contributed by atoms with Gasteiger partial charge in [0.15, 0.2) is 0 Å². The number of carbonyl (C=O) groups excluding carboxylic acids is 1. The number of carbonyl (C=O) groups is 1. The summed E-state index contributed by atoms with van der Waals surface area (Å²) in [5.74, 6) is 0.554. The molecule has 2 N–H and O–H groups in total. The first kappa shape index (κ1) is 24.1. The van der Waals surface area contributed by atoms with Crippen molar-refractivity contribution in [3.63, 3.8) is 0 Å². The number of nitrogens with zero attached hydrogens (tertiary/aromatic N) is 4. The summed E-state index contributed by atoms with van der Waals surface area (Å²) >= 11 is 0. The fourth-order valence-electron chi connectivity index (χ4n) is 4.11. The number of hydrogen-bond donors (Lipinski definition) is 2. The lowest BCUT2D eigenvalue weighted by molar-refractivity contribution is 0.0950. The van der Waals surface area contributed by atoms with Crippen LogP contribution in [0, 0.1) is 0 Å². The van der Waals surface area contributed by atoms with Gasteiger partial charge in [-0.25, -0.2) is 13.4 Å². The van der Waals surface area contributed by atoms with E-state index in [0.29, 0.717) is 29.8 Å². The highest BCUT2D eigenvalue weighted by Crippen LogP contribution is 2.29. The van der Waals surface area contributed by atoms with Crippen LogP contribution in [-0.2, 0) is 21.3 Å². The van der Waals surface area contributed by atoms with E-state index in [0.717, 1.165) is 36.6 Å². The second-order valence-electron chi connectivity index (χ2n) is 9.00. The first-order chi connectivity index (χ1) is 17.4. The van der Waals surface area contributed by atoms with Gasteiger partial charge in [-0.15, -0.1) is 0 Å². The zero-order valence-corrected chi connectivity index (χ0v) is 20.7. The third-order valence-corrected chi connectivity index (χ3v) is 8.21. The fraction of sp³-hybridized carbons (Fsp3) is 0.360. The van der Waals surface area contributed by atoms with Gasteiger partial charge in [-0.1, -0.05) is 12.1 Å². The minimum absolute atomic E-state index is 0.172. The number of methoxy groups -OCH3 is 1. The first-order valence-corrected chi connectivity index (χ1v) is 13.4. The number of ether oxygens (including phenoxy) is 1. The lowest BCUT2D eigenvalue weighted by atomic mass is 10.1. The molecule has 0 spiro atoms. The highest BCUT2D eigenvalue weighted by Gasteiger charge is 2.35. The number of aromatic nitrogens is 3. The molecule has 11 heteroatoms. The van der Waals surface area contributed by atoms with Crippen molar-refractivity contribution in [1.29, 1.82) is 0 Å². The molecule has 1 saturated heterocycles. The zero-order chi connectivity index (χ0) is 25.1. The van der Waals surface area contributed by atoms with Gasteiger partial charge in [0.2, 0.25) is 10.0 Å². The van der Waals surface area contributed by atoms with E-state index in [4.69, 9.17) is 9.72 Å². The molecule has 2 fully saturated rings. The van der Waals surface area contributed by atoms with Crippen LogP contribution in [0.15, 0.2) is 55.0 Å². The first-order valence-electron chi connectivity index (χ1n) is 11.9. The lowest BCUT2D eigenvalue weighted by Crippen LogP contribution is -2.23. The topological polar surface area (TPSA) is 126 Å². The summed E-state index contributed by atoms with van der Waals surface area (Å²) in [5, 5.41) is 2.52. The Hall–Kier alpha value is -3.57. The molecule has 1 saturated carbocycles. The Bertz CT molecular complexity index is 1340. The van der Waals surface area contributed by atoms with E-state index >= 15 is 0 Å². The Morgan fingerprint density at radius 1 is 1.14 bits per heavy atom. The van der Waals surface area contributed by atoms with Gasteiger partial charge in [0, 0.05) is 37.5 Å². The van der Waals surface area contributed by atoms with Crippen LogP contribution in [-0.4, -0.2) is 60.8 Å². The van der Waals surface area contributed by atoms with E-state index in [1.807, 2.05) is 12.1 Å². The summed E-state index contributed by atoms with van der Waals surface area (Å²) < 4.78 is 32.3. The maximum absolute atomic E-state index is 12.7. The number of sulfonamides is 1. The Morgan fingerprint density at radius 3 is 2.67 bits per heavy atom. The van der Waals surface area contributed by atoms with E-state index in [9.17, 15) is 13.2 Å². The summed E-state index contributed by atoms with van der Waals surface area (Å²) in [4.78, 5) is 28.1. The Kier molecular flexibility index (Phi) is 6.84. The van der Waals surface area contributed by atoms with Crippen LogP contribution >= 0.6 is 0 Å². The summed E-state index contributed by atoms with van der Waals surface area (Å²) in [6, 6.07) is 10.4. The van der Waals surface area contributed by atoms with Gasteiger partial charge < -0.3 is 15.0 Å². The third kappa shape index (κ3) is 5.63. The maximum atomic E-state index is 12.7. The highest BCUT2D eigenvalue weighted by atomic mass is 32.2. The molecule has 1 aliphatic heterocycles. The molecule has 2 aromatic heterocycles. The zero-order valence-electron chi connectivity index (χ0n) is 19.9. The average Bonchev–Trinajstić information content (AvgIpc) is 3.66. The van der Waals surface area contributed by atoms with E-state index in [-0.39, 0.29) is 23.8 Å². The monoisotopic (exact) mass is 508 g/mol. The summed E-state index contributed by atoms with van der Waals surface area (Å²) in [6.45, 7) is 1.84. The predicted octanol–water partition coefficient (Wildman–Crippen LogP) is 2.60. The van der Waals surface area contributed by atoms with Crippen molar-refractivity contribution in [2.45, 2.75) is 37.2 Å². The number of nitrogens with one attached hydrogen (secondary N) is 2. The number of pyridine rings is 1. The molecule has 0 radical (unpaired) electrons. The molecule has 36 heavy (non-hydrogen) atoms. The number of amides is 1. The Labute approximate surface area is 210 Å². The molecule has 5 rings (SSSR count). The molecular formula is C25H28N6O4S. The van der Waals surface area contributed by atoms with Crippen molar-refractivity contribution >= 4 is 27.4 Å². The molecule has 1 amide bonds. The van der Waals surface area contributed by atoms with Gasteiger partial charge in [0.1, 0.15) is 5.82 Å². The van der Waals surface area contributed by atoms with E-state index in [1.54, 1.807) is 43.8 Å². The van der Waals surface area contributed by atoms with Crippen molar-refractivity contribution in [1.82, 2.24) is 20.3 Å². The van der Waals surface area contributed by atoms with Gasteiger partial charge in [0.05, 0.1) is 47.4 Å². The molecule has 1 aliphatic carbocycles. The second-order valence-corrected chi connectivity index (χ2v) is 11.0. The van der Waals surface area contributed by atoms with Crippen LogP contribution < -0.4 is 14.9 Å². The van der Waals surface area contributed by atoms with Gasteiger partial charge >= 0.3 is 0 Å². The summed E-state index contributed by atoms with van der Waals surface area (Å²) in [6.07, 6.45) is 7.52. The fourth-order valence-corrected chi connectivity index (χ4v) is 5.48. The average molecular weight is 509 g/mol. The van der Waals surface area contributed by atoms with Crippen molar-refractivity contribution in [3.05, 3.63) is 66.2 Å². The van der Waals surface area contributed by atoms with E-state index < -0.39 is 10.0 Å². The summed E-state index contributed by atoms with van der Waals surface area (Å²) in [5.41, 5.74) is 3.09. The largest absolute Gasteiger partial charge is 0.380 e. The molecule has 2 aliphatic rings. The van der Waals surface area contributed by atoms with Crippen molar-refractivity contribution in [3.8, 4) is 11.3 Å². The van der Waals surface area contributed by atoms with Gasteiger partial charge in [0.25, 0.3) is 5.91 Å². The molecule has 1 atom stereocenters. The van der Waals surface area contributed by atoms with Crippen LogP contribution in [0.4, 0.5) is 11.5 Å². The lowest BCUT2D eigenvalue weighted by Gasteiger charge is -2.17. The standard InChI is InChI=1S/C25H28N6O4S/c1-35-21-9-11-31(16-21)24-15-26-14-23(29-24)17-2-4-18(5-3-17)25(32)28-13-20-12-19(8-10-27-20)30-36(33,34)22-6-7-22/h2-5,8,10,12,14-15,21-22H,6-7,9,11,13,16H2,1H3,(H,27,30)(H,28,32). The van der Waals surface area contributed by atoms with Crippen LogP contribution in [0.5, 0.6) is 0 Å². The molecule has 10 nitrogen and oxygen atoms in total. The van der Waals surface area contributed by atoms with Crippen molar-refractivity contribution in [2.24, 2.45) is 0 Å². The third-order valence-electron chi connectivity index (χ3n) is 6.34. The van der Waals surface area contributed by atoms with Crippen LogP contribution in [0.2, 0.25) is 0 Å². The molecule has 3 heterocycles. The molecule has 3 aromatic rings. The number of benzene rings is 1. The maximum Gasteiger partial charge on any atom is 0.251 e. The predicted molar refractivity (Wildman–Crippen MR) is 136 cm³/mol. The van der Waals surface area contributed by atoms with Crippen LogP contribution in [0.25, 0.3) is 11.3 Å². The smallest absolute Gasteiger partial charge is 0.251 e. The van der Waals surface area contributed by atoms with Crippen molar-refractivity contribution in [2.75, 3.05) is 29.8 Å². The van der Waals surface area contributed by atoms with E-state index in [1.165, 1.54) is 6.20 Å². The van der Waals surface area contributed by atoms with Crippen LogP contribution in [0.3, 0.4) is 0 Å². The molecule has 1 aromatic carbocycles.